The number of hydrogen-bond acceptors (Lipinski definition) is 8. The van der Waals surface area contributed by atoms with E-state index in [4.69, 9.17) is 9.88 Å². The molecule has 0 unspecified atom stereocenters. The molecule has 10 heteroatoms. The Balaban J connectivity index is 1.40. The van der Waals surface area contributed by atoms with E-state index in [9.17, 15) is 13.2 Å². The number of sulfonamides is 1. The highest BCUT2D eigenvalue weighted by Gasteiger charge is 2.41. The standard InChI is InChI=1S/C29H27N5O4S/c1-38-24-9-7-19(17-25(24)39(30,36)37)21-4-3-13-31-27(21)20-6-8-23-22(16-20)28(33-18-32-23)34-14-11-29(12-15-34)10-2-5-26(29)35/h2-9,13,16-18H,10-12,14-15H2,1H3,(H2,30,36,37). The Morgan fingerprint density at radius 3 is 2.51 bits per heavy atom. The van der Waals surface area contributed by atoms with Crippen molar-refractivity contribution in [2.24, 2.45) is 10.6 Å². The van der Waals surface area contributed by atoms with E-state index in [0.29, 0.717) is 11.3 Å². The smallest absolute Gasteiger partial charge is 0.241 e. The topological polar surface area (TPSA) is 128 Å². The van der Waals surface area contributed by atoms with Crippen LogP contribution in [-0.2, 0) is 14.8 Å². The SMILES string of the molecule is COc1ccc(-c2cccnc2-c2ccc3ncnc(N4CCC5(CC=CC5=O)CC4)c3c2)cc1S(N)(=O)=O. The molecule has 4 aromatic rings. The zero-order valence-corrected chi connectivity index (χ0v) is 22.2. The second-order valence-corrected chi connectivity index (χ2v) is 11.5. The number of primary sulfonamides is 1. The first-order chi connectivity index (χ1) is 18.8. The summed E-state index contributed by atoms with van der Waals surface area (Å²) in [7, 11) is -2.60. The van der Waals surface area contributed by atoms with E-state index in [1.807, 2.05) is 30.3 Å². The number of allylic oxidation sites excluding steroid dienone is 2. The third-order valence-corrected chi connectivity index (χ3v) is 8.73. The van der Waals surface area contributed by atoms with Gasteiger partial charge >= 0.3 is 0 Å². The van der Waals surface area contributed by atoms with Gasteiger partial charge in [-0.3, -0.25) is 9.78 Å². The number of pyridine rings is 1. The number of fused-ring (bicyclic) bond motifs is 1. The lowest BCUT2D eigenvalue weighted by Gasteiger charge is -2.39. The highest BCUT2D eigenvalue weighted by molar-refractivity contribution is 7.89. The molecule has 9 nitrogen and oxygen atoms in total. The molecule has 39 heavy (non-hydrogen) atoms. The third-order valence-electron chi connectivity index (χ3n) is 7.80. The van der Waals surface area contributed by atoms with Crippen molar-refractivity contribution in [2.45, 2.75) is 24.2 Å². The first kappa shape index (κ1) is 25.1. The Labute approximate surface area is 226 Å². The van der Waals surface area contributed by atoms with Crippen molar-refractivity contribution in [1.29, 1.82) is 0 Å². The van der Waals surface area contributed by atoms with Crippen LogP contribution in [0.15, 0.2) is 78.1 Å². The van der Waals surface area contributed by atoms with Gasteiger partial charge in [0.15, 0.2) is 5.78 Å². The van der Waals surface area contributed by atoms with Crippen LogP contribution < -0.4 is 14.8 Å². The first-order valence-electron chi connectivity index (χ1n) is 12.7. The molecule has 0 bridgehead atoms. The van der Waals surface area contributed by atoms with E-state index < -0.39 is 10.0 Å². The molecule has 1 spiro atoms. The number of rotatable bonds is 5. The van der Waals surface area contributed by atoms with Crippen molar-refractivity contribution in [2.75, 3.05) is 25.1 Å². The van der Waals surface area contributed by atoms with E-state index in [0.717, 1.165) is 60.2 Å². The number of piperidine rings is 1. The van der Waals surface area contributed by atoms with Crippen LogP contribution >= 0.6 is 0 Å². The monoisotopic (exact) mass is 541 g/mol. The number of benzene rings is 2. The molecular weight excluding hydrogens is 514 g/mol. The molecule has 0 radical (unpaired) electrons. The van der Waals surface area contributed by atoms with Crippen LogP contribution in [0.5, 0.6) is 5.75 Å². The third kappa shape index (κ3) is 4.45. The van der Waals surface area contributed by atoms with Gasteiger partial charge < -0.3 is 9.64 Å². The molecule has 2 aliphatic rings. The van der Waals surface area contributed by atoms with Crippen molar-refractivity contribution in [3.8, 4) is 28.1 Å². The minimum absolute atomic E-state index is 0.0923. The molecule has 2 N–H and O–H groups in total. The van der Waals surface area contributed by atoms with E-state index in [1.165, 1.54) is 13.2 Å². The van der Waals surface area contributed by atoms with Gasteiger partial charge in [0.05, 0.1) is 18.3 Å². The molecule has 2 aromatic heterocycles. The molecule has 6 rings (SSSR count). The number of carbonyl (C=O) groups is 1. The molecule has 1 saturated heterocycles. The zero-order valence-electron chi connectivity index (χ0n) is 21.4. The quantitative estimate of drug-likeness (QED) is 0.399. The van der Waals surface area contributed by atoms with Crippen molar-refractivity contribution >= 4 is 32.5 Å². The Hall–Kier alpha value is -4.15. The average molecular weight is 542 g/mol. The summed E-state index contributed by atoms with van der Waals surface area (Å²) in [5, 5.41) is 6.35. The number of anilines is 1. The number of hydrogen-bond donors (Lipinski definition) is 1. The first-order valence-corrected chi connectivity index (χ1v) is 14.2. The molecule has 3 heterocycles. The van der Waals surface area contributed by atoms with Gasteiger partial charge in [-0.1, -0.05) is 24.3 Å². The Morgan fingerprint density at radius 2 is 1.79 bits per heavy atom. The number of methoxy groups -OCH3 is 1. The maximum Gasteiger partial charge on any atom is 0.241 e. The number of nitrogens with two attached hydrogens (primary N) is 1. The number of nitrogens with zero attached hydrogens (tertiary/aromatic N) is 4. The summed E-state index contributed by atoms with van der Waals surface area (Å²) in [4.78, 5) is 28.4. The van der Waals surface area contributed by atoms with Gasteiger partial charge in [0.1, 0.15) is 22.8 Å². The van der Waals surface area contributed by atoms with Crippen LogP contribution in [0.2, 0.25) is 0 Å². The van der Waals surface area contributed by atoms with Crippen molar-refractivity contribution in [3.05, 3.63) is 73.2 Å². The Kier molecular flexibility index (Phi) is 6.16. The fourth-order valence-electron chi connectivity index (χ4n) is 5.64. The van der Waals surface area contributed by atoms with Gasteiger partial charge in [-0.15, -0.1) is 0 Å². The van der Waals surface area contributed by atoms with Crippen LogP contribution in [0, 0.1) is 5.41 Å². The predicted molar refractivity (Wildman–Crippen MR) is 149 cm³/mol. The highest BCUT2D eigenvalue weighted by atomic mass is 32.2. The Morgan fingerprint density at radius 1 is 1.00 bits per heavy atom. The molecule has 1 aliphatic carbocycles. The molecule has 2 aromatic carbocycles. The molecule has 0 saturated carbocycles. The van der Waals surface area contributed by atoms with E-state index in [-0.39, 0.29) is 21.8 Å². The molecule has 0 atom stereocenters. The summed E-state index contributed by atoms with van der Waals surface area (Å²) in [6.07, 6.45) is 9.38. The lowest BCUT2D eigenvalue weighted by atomic mass is 9.75. The maximum absolute atomic E-state index is 12.5. The van der Waals surface area contributed by atoms with Gasteiger partial charge in [-0.25, -0.2) is 23.5 Å². The van der Waals surface area contributed by atoms with Crippen molar-refractivity contribution in [3.63, 3.8) is 0 Å². The minimum Gasteiger partial charge on any atom is -0.495 e. The van der Waals surface area contributed by atoms with Gasteiger partial charge in [0.2, 0.25) is 10.0 Å². The average Bonchev–Trinajstić information content (AvgIpc) is 3.31. The zero-order chi connectivity index (χ0) is 27.2. The fraction of sp³-hybridized carbons (Fsp3) is 0.241. The summed E-state index contributed by atoms with van der Waals surface area (Å²) in [6.45, 7) is 1.47. The van der Waals surface area contributed by atoms with Crippen LogP contribution in [0.3, 0.4) is 0 Å². The summed E-state index contributed by atoms with van der Waals surface area (Å²) >= 11 is 0. The number of carbonyl (C=O) groups excluding carboxylic acids is 1. The van der Waals surface area contributed by atoms with Gasteiger partial charge in [0, 0.05) is 41.2 Å². The fourth-order valence-corrected chi connectivity index (χ4v) is 6.37. The second kappa shape index (κ2) is 9.55. The van der Waals surface area contributed by atoms with Crippen LogP contribution in [0.25, 0.3) is 33.3 Å². The largest absolute Gasteiger partial charge is 0.495 e. The summed E-state index contributed by atoms with van der Waals surface area (Å²) in [5.41, 5.74) is 3.45. The molecule has 1 fully saturated rings. The summed E-state index contributed by atoms with van der Waals surface area (Å²) in [6, 6.07) is 14.5. The van der Waals surface area contributed by atoms with Gasteiger partial charge in [-0.05, 0) is 61.2 Å². The van der Waals surface area contributed by atoms with Crippen LogP contribution in [0.4, 0.5) is 5.82 Å². The maximum atomic E-state index is 12.5. The van der Waals surface area contributed by atoms with Crippen LogP contribution in [-0.4, -0.2) is 49.4 Å². The molecular formula is C29H27N5O4S. The van der Waals surface area contributed by atoms with Gasteiger partial charge in [0.25, 0.3) is 0 Å². The number of ether oxygens (including phenoxy) is 1. The molecule has 198 valence electrons. The van der Waals surface area contributed by atoms with Crippen molar-refractivity contribution in [1.82, 2.24) is 15.0 Å². The molecule has 1 aliphatic heterocycles. The minimum atomic E-state index is -4.00. The Bertz CT molecular complexity index is 1740. The second-order valence-electron chi connectivity index (χ2n) is 9.98. The predicted octanol–water partition coefficient (Wildman–Crippen LogP) is 4.13. The summed E-state index contributed by atoms with van der Waals surface area (Å²) in [5.74, 6) is 1.25. The van der Waals surface area contributed by atoms with Gasteiger partial charge in [-0.2, -0.15) is 0 Å². The normalized spacial score (nSPS) is 16.8. The lowest BCUT2D eigenvalue weighted by molar-refractivity contribution is -0.123. The lowest BCUT2D eigenvalue weighted by Crippen LogP contribution is -2.42. The van der Waals surface area contributed by atoms with Crippen LogP contribution in [0.1, 0.15) is 19.3 Å². The highest BCUT2D eigenvalue weighted by Crippen LogP contribution is 2.42. The van der Waals surface area contributed by atoms with E-state index >= 15 is 0 Å². The summed E-state index contributed by atoms with van der Waals surface area (Å²) < 4.78 is 29.7. The van der Waals surface area contributed by atoms with Crippen molar-refractivity contribution < 1.29 is 17.9 Å². The van der Waals surface area contributed by atoms with E-state index in [2.05, 4.69) is 19.9 Å². The number of ketones is 1. The van der Waals surface area contributed by atoms with E-state index in [1.54, 1.807) is 36.8 Å². The number of aromatic nitrogens is 3. The molecule has 0 amide bonds.